The molecule has 0 radical (unpaired) electrons. The lowest BCUT2D eigenvalue weighted by Crippen LogP contribution is -2.28. The molecule has 2 aromatic rings. The van der Waals surface area contributed by atoms with Crippen molar-refractivity contribution in [2.75, 3.05) is 19.1 Å². The second-order valence-electron chi connectivity index (χ2n) is 4.42. The fraction of sp³-hybridized carbons (Fsp3) is 0.200. The second-order valence-corrected chi connectivity index (χ2v) is 5.27. The van der Waals surface area contributed by atoms with Gasteiger partial charge in [0.05, 0.1) is 18.6 Å². The largest absolute Gasteiger partial charge is 0.497 e. The predicted molar refractivity (Wildman–Crippen MR) is 84.4 cm³/mol. The van der Waals surface area contributed by atoms with Gasteiger partial charge in [0.2, 0.25) is 5.91 Å². The molecule has 1 aromatic carbocycles. The number of carbonyl (C=O) groups is 1. The molecule has 0 fully saturated rings. The highest BCUT2D eigenvalue weighted by Gasteiger charge is 2.14. The molecular formula is C15H14Cl2N2O2. The minimum atomic E-state index is -0.114. The van der Waals surface area contributed by atoms with Gasteiger partial charge in [-0.1, -0.05) is 29.3 Å². The number of likely N-dealkylation sites (N-methyl/N-ethyl adjacent to an activating group) is 1. The molecule has 0 bridgehead atoms. The smallest absolute Gasteiger partial charge is 0.232 e. The first-order valence-electron chi connectivity index (χ1n) is 6.22. The normalized spacial score (nSPS) is 10.3. The molecule has 0 aliphatic rings. The highest BCUT2D eigenvalue weighted by molar-refractivity contribution is 6.31. The number of hydrogen-bond acceptors (Lipinski definition) is 3. The van der Waals surface area contributed by atoms with Crippen LogP contribution in [0.15, 0.2) is 36.5 Å². The maximum absolute atomic E-state index is 12.3. The molecule has 0 saturated heterocycles. The monoisotopic (exact) mass is 324 g/mol. The Morgan fingerprint density at radius 2 is 2.05 bits per heavy atom. The van der Waals surface area contributed by atoms with Crippen LogP contribution in [0.2, 0.25) is 10.0 Å². The van der Waals surface area contributed by atoms with Gasteiger partial charge in [0.25, 0.3) is 0 Å². The van der Waals surface area contributed by atoms with Crippen molar-refractivity contribution in [3.8, 4) is 5.75 Å². The zero-order valence-electron chi connectivity index (χ0n) is 11.6. The first-order chi connectivity index (χ1) is 10.0. The van der Waals surface area contributed by atoms with Crippen LogP contribution < -0.4 is 9.64 Å². The summed E-state index contributed by atoms with van der Waals surface area (Å²) in [6, 6.07) is 8.62. The molecule has 1 heterocycles. The molecule has 2 rings (SSSR count). The van der Waals surface area contributed by atoms with E-state index >= 15 is 0 Å². The molecule has 110 valence electrons. The average Bonchev–Trinajstić information content (AvgIpc) is 2.49. The zero-order valence-corrected chi connectivity index (χ0v) is 13.1. The summed E-state index contributed by atoms with van der Waals surface area (Å²) >= 11 is 11.9. The lowest BCUT2D eigenvalue weighted by Gasteiger charge is -2.16. The van der Waals surface area contributed by atoms with Gasteiger partial charge in [-0.2, -0.15) is 0 Å². The molecule has 0 spiro atoms. The Hall–Kier alpha value is -1.78. The van der Waals surface area contributed by atoms with Crippen molar-refractivity contribution < 1.29 is 9.53 Å². The number of rotatable bonds is 4. The van der Waals surface area contributed by atoms with Crippen molar-refractivity contribution in [3.05, 3.63) is 52.1 Å². The quantitative estimate of drug-likeness (QED) is 0.862. The van der Waals surface area contributed by atoms with Gasteiger partial charge in [0.1, 0.15) is 11.6 Å². The minimum absolute atomic E-state index is 0.114. The molecule has 6 heteroatoms. The Kier molecular flexibility index (Phi) is 5.04. The summed E-state index contributed by atoms with van der Waals surface area (Å²) in [5, 5.41) is 1.03. The number of halogens is 2. The summed E-state index contributed by atoms with van der Waals surface area (Å²) in [5.74, 6) is 1.08. The van der Waals surface area contributed by atoms with E-state index in [1.165, 1.54) is 11.1 Å². The molecule has 1 amide bonds. The summed E-state index contributed by atoms with van der Waals surface area (Å²) in [6.45, 7) is 0. The van der Waals surface area contributed by atoms with Gasteiger partial charge in [0.15, 0.2) is 0 Å². The van der Waals surface area contributed by atoms with E-state index < -0.39 is 0 Å². The molecule has 4 nitrogen and oxygen atoms in total. The number of pyridine rings is 1. The van der Waals surface area contributed by atoms with Gasteiger partial charge in [0, 0.05) is 18.3 Å². The summed E-state index contributed by atoms with van der Waals surface area (Å²) in [6.07, 6.45) is 1.69. The van der Waals surface area contributed by atoms with Crippen molar-refractivity contribution in [2.24, 2.45) is 0 Å². The van der Waals surface area contributed by atoms with Crippen LogP contribution in [0.1, 0.15) is 5.56 Å². The van der Waals surface area contributed by atoms with Gasteiger partial charge in [-0.15, -0.1) is 0 Å². The van der Waals surface area contributed by atoms with Gasteiger partial charge in [-0.25, -0.2) is 4.98 Å². The molecule has 0 aliphatic heterocycles. The van der Waals surface area contributed by atoms with Crippen molar-refractivity contribution in [1.29, 1.82) is 0 Å². The van der Waals surface area contributed by atoms with Crippen LogP contribution in [-0.2, 0) is 11.2 Å². The van der Waals surface area contributed by atoms with Crippen LogP contribution in [-0.4, -0.2) is 25.0 Å². The highest BCUT2D eigenvalue weighted by atomic mass is 35.5. The molecule has 0 atom stereocenters. The zero-order chi connectivity index (χ0) is 15.4. The molecule has 0 N–H and O–H groups in total. The standard InChI is InChI=1S/C15H14Cl2N2O2/c1-19(14-6-4-11(16)9-18-14)15(20)7-10-3-5-12(21-2)8-13(10)17/h3-6,8-9H,7H2,1-2H3. The number of amides is 1. The van der Waals surface area contributed by atoms with Gasteiger partial charge in [-0.05, 0) is 29.8 Å². The van der Waals surface area contributed by atoms with Crippen LogP contribution in [0, 0.1) is 0 Å². The lowest BCUT2D eigenvalue weighted by atomic mass is 10.1. The van der Waals surface area contributed by atoms with Gasteiger partial charge < -0.3 is 4.74 Å². The van der Waals surface area contributed by atoms with Crippen LogP contribution in [0.25, 0.3) is 0 Å². The predicted octanol–water partition coefficient (Wildman–Crippen LogP) is 3.60. The number of methoxy groups -OCH3 is 1. The summed E-state index contributed by atoms with van der Waals surface area (Å²) < 4.78 is 5.08. The fourth-order valence-electron chi connectivity index (χ4n) is 1.77. The third-order valence-electron chi connectivity index (χ3n) is 3.03. The molecule has 0 aliphatic carbocycles. The minimum Gasteiger partial charge on any atom is -0.497 e. The third-order valence-corrected chi connectivity index (χ3v) is 3.61. The van der Waals surface area contributed by atoms with Crippen LogP contribution in [0.3, 0.4) is 0 Å². The van der Waals surface area contributed by atoms with E-state index in [0.29, 0.717) is 21.6 Å². The van der Waals surface area contributed by atoms with E-state index in [-0.39, 0.29) is 12.3 Å². The topological polar surface area (TPSA) is 42.4 Å². The fourth-order valence-corrected chi connectivity index (χ4v) is 2.12. The third kappa shape index (κ3) is 3.86. The van der Waals surface area contributed by atoms with Crippen molar-refractivity contribution >= 4 is 34.9 Å². The van der Waals surface area contributed by atoms with Crippen molar-refractivity contribution in [3.63, 3.8) is 0 Å². The Morgan fingerprint density at radius 1 is 1.29 bits per heavy atom. The Bertz CT molecular complexity index is 645. The van der Waals surface area contributed by atoms with Gasteiger partial charge in [-0.3, -0.25) is 9.69 Å². The molecule has 1 aromatic heterocycles. The number of anilines is 1. The number of nitrogens with zero attached hydrogens (tertiary/aromatic N) is 2. The SMILES string of the molecule is COc1ccc(CC(=O)N(C)c2ccc(Cl)cn2)c(Cl)c1. The van der Waals surface area contributed by atoms with Crippen LogP contribution in [0.4, 0.5) is 5.82 Å². The maximum atomic E-state index is 12.3. The summed E-state index contributed by atoms with van der Waals surface area (Å²) in [4.78, 5) is 17.8. The van der Waals surface area contributed by atoms with Crippen molar-refractivity contribution in [1.82, 2.24) is 4.98 Å². The lowest BCUT2D eigenvalue weighted by molar-refractivity contribution is -0.117. The Morgan fingerprint density at radius 3 is 2.62 bits per heavy atom. The van der Waals surface area contributed by atoms with Crippen LogP contribution >= 0.6 is 23.2 Å². The van der Waals surface area contributed by atoms with Crippen LogP contribution in [0.5, 0.6) is 5.75 Å². The number of ether oxygens (including phenoxy) is 1. The maximum Gasteiger partial charge on any atom is 0.232 e. The Labute approximate surface area is 133 Å². The van der Waals surface area contributed by atoms with E-state index in [0.717, 1.165) is 5.56 Å². The number of benzene rings is 1. The second kappa shape index (κ2) is 6.78. The summed E-state index contributed by atoms with van der Waals surface area (Å²) in [7, 11) is 3.23. The average molecular weight is 325 g/mol. The first-order valence-corrected chi connectivity index (χ1v) is 6.97. The van der Waals surface area contributed by atoms with E-state index in [1.54, 1.807) is 44.5 Å². The van der Waals surface area contributed by atoms with E-state index in [4.69, 9.17) is 27.9 Å². The molecule has 0 unspecified atom stereocenters. The van der Waals surface area contributed by atoms with Crippen molar-refractivity contribution in [2.45, 2.75) is 6.42 Å². The molecule has 0 saturated carbocycles. The Balaban J connectivity index is 2.12. The van der Waals surface area contributed by atoms with E-state index in [9.17, 15) is 4.79 Å². The van der Waals surface area contributed by atoms with E-state index in [1.807, 2.05) is 0 Å². The molecular weight excluding hydrogens is 311 g/mol. The van der Waals surface area contributed by atoms with Gasteiger partial charge >= 0.3 is 0 Å². The molecule has 21 heavy (non-hydrogen) atoms. The first kappa shape index (κ1) is 15.6. The number of aromatic nitrogens is 1. The highest BCUT2D eigenvalue weighted by Crippen LogP contribution is 2.23. The number of hydrogen-bond donors (Lipinski definition) is 0. The van der Waals surface area contributed by atoms with E-state index in [2.05, 4.69) is 4.98 Å². The number of carbonyl (C=O) groups excluding carboxylic acids is 1. The summed E-state index contributed by atoms with van der Waals surface area (Å²) in [5.41, 5.74) is 0.739.